The van der Waals surface area contributed by atoms with Crippen LogP contribution in [0.15, 0.2) is 59.1 Å². The van der Waals surface area contributed by atoms with Crippen molar-refractivity contribution in [2.75, 3.05) is 0 Å². The first-order chi connectivity index (χ1) is 18.4. The number of ketones is 3. The highest BCUT2D eigenvalue weighted by molar-refractivity contribution is 6.25. The summed E-state index contributed by atoms with van der Waals surface area (Å²) in [6.07, 6.45) is 0.991. The molecule has 5 rings (SSSR count). The molecule has 3 aliphatic rings. The average Bonchev–Trinajstić information content (AvgIpc) is 2.81. The fourth-order valence-electron chi connectivity index (χ4n) is 7.34. The molecule has 0 bridgehead atoms. The fraction of sp³-hybridized carbons (Fsp3) is 0.424. The number of hydrogen-bond donors (Lipinski definition) is 4. The topological polar surface area (TPSA) is 132 Å². The quantitative estimate of drug-likeness (QED) is 0.363. The third-order valence-electron chi connectivity index (χ3n) is 8.90. The number of phenolic OH excluding ortho intramolecular Hbond substituents is 1. The van der Waals surface area contributed by atoms with Gasteiger partial charge in [-0.2, -0.15) is 0 Å². The van der Waals surface area contributed by atoms with Crippen LogP contribution in [0.25, 0.3) is 11.1 Å². The van der Waals surface area contributed by atoms with E-state index in [0.29, 0.717) is 5.56 Å². The Bertz CT molecular complexity index is 1550. The molecule has 0 unspecified atom stereocenters. The first-order valence-corrected chi connectivity index (χ1v) is 13.6. The average molecular weight is 545 g/mol. The van der Waals surface area contributed by atoms with E-state index < -0.39 is 50.9 Å². The molecule has 3 atom stereocenters. The van der Waals surface area contributed by atoms with Crippen molar-refractivity contribution >= 4 is 17.3 Å². The Labute approximate surface area is 233 Å². The van der Waals surface area contributed by atoms with Crippen LogP contribution in [0.5, 0.6) is 5.75 Å². The van der Waals surface area contributed by atoms with E-state index in [-0.39, 0.29) is 41.6 Å². The van der Waals surface area contributed by atoms with Crippen LogP contribution < -0.4 is 0 Å². The molecular formula is C33H36O7. The Morgan fingerprint density at radius 3 is 2.15 bits per heavy atom. The normalized spacial score (nSPS) is 28.3. The molecule has 40 heavy (non-hydrogen) atoms. The van der Waals surface area contributed by atoms with Crippen molar-refractivity contribution in [1.82, 2.24) is 0 Å². The van der Waals surface area contributed by atoms with Gasteiger partial charge in [0.15, 0.2) is 17.2 Å². The predicted octanol–water partition coefficient (Wildman–Crippen LogP) is 5.72. The fourth-order valence-corrected chi connectivity index (χ4v) is 7.34. The van der Waals surface area contributed by atoms with Gasteiger partial charge in [-0.3, -0.25) is 14.4 Å². The van der Waals surface area contributed by atoms with E-state index >= 15 is 0 Å². The number of carbonyl (C=O) groups excluding carboxylic acids is 3. The second kappa shape index (κ2) is 8.64. The van der Waals surface area contributed by atoms with Crippen molar-refractivity contribution in [3.05, 3.63) is 75.8 Å². The Kier molecular flexibility index (Phi) is 6.02. The number of rotatable bonds is 3. The van der Waals surface area contributed by atoms with Gasteiger partial charge in [0.1, 0.15) is 22.8 Å². The monoisotopic (exact) mass is 544 g/mol. The Balaban J connectivity index is 1.68. The zero-order valence-electron chi connectivity index (χ0n) is 23.8. The molecule has 0 heterocycles. The van der Waals surface area contributed by atoms with Crippen molar-refractivity contribution in [3.8, 4) is 16.9 Å². The summed E-state index contributed by atoms with van der Waals surface area (Å²) in [6.45, 7) is 11.0. The van der Waals surface area contributed by atoms with Crippen molar-refractivity contribution in [1.29, 1.82) is 0 Å². The summed E-state index contributed by atoms with van der Waals surface area (Å²) in [5, 5.41) is 44.8. The third kappa shape index (κ3) is 3.85. The number of benzene rings is 2. The summed E-state index contributed by atoms with van der Waals surface area (Å²) < 4.78 is 0. The van der Waals surface area contributed by atoms with Crippen LogP contribution in [0.4, 0.5) is 0 Å². The van der Waals surface area contributed by atoms with Gasteiger partial charge in [0.2, 0.25) is 5.78 Å². The lowest BCUT2D eigenvalue weighted by atomic mass is 9.48. The van der Waals surface area contributed by atoms with Gasteiger partial charge in [0.05, 0.1) is 5.56 Å². The minimum Gasteiger partial charge on any atom is -0.511 e. The van der Waals surface area contributed by atoms with Crippen molar-refractivity contribution in [3.63, 3.8) is 0 Å². The molecule has 7 heteroatoms. The lowest BCUT2D eigenvalue weighted by Gasteiger charge is -2.56. The molecule has 3 aliphatic carbocycles. The summed E-state index contributed by atoms with van der Waals surface area (Å²) >= 11 is 0. The molecule has 2 aromatic carbocycles. The number of phenols is 1. The van der Waals surface area contributed by atoms with Gasteiger partial charge in [0, 0.05) is 22.8 Å². The van der Waals surface area contributed by atoms with Crippen LogP contribution >= 0.6 is 0 Å². The van der Waals surface area contributed by atoms with Gasteiger partial charge in [-0.1, -0.05) is 65.0 Å². The molecule has 0 spiro atoms. The van der Waals surface area contributed by atoms with E-state index in [1.54, 1.807) is 19.9 Å². The third-order valence-corrected chi connectivity index (χ3v) is 8.90. The van der Waals surface area contributed by atoms with Gasteiger partial charge < -0.3 is 20.4 Å². The molecule has 2 aromatic rings. The number of fused-ring (bicyclic) bond motifs is 3. The predicted molar refractivity (Wildman–Crippen MR) is 150 cm³/mol. The maximum absolute atomic E-state index is 14.1. The van der Waals surface area contributed by atoms with Gasteiger partial charge >= 0.3 is 0 Å². The molecule has 0 saturated heterocycles. The van der Waals surface area contributed by atoms with E-state index in [9.17, 15) is 34.8 Å². The highest BCUT2D eigenvalue weighted by atomic mass is 16.3. The van der Waals surface area contributed by atoms with Crippen molar-refractivity contribution in [2.45, 2.75) is 72.8 Å². The highest BCUT2D eigenvalue weighted by Gasteiger charge is 2.67. The smallest absolute Gasteiger partial charge is 0.209 e. The minimum absolute atomic E-state index is 0.0240. The second-order valence-electron chi connectivity index (χ2n) is 13.5. The molecule has 0 fully saturated rings. The van der Waals surface area contributed by atoms with Crippen molar-refractivity contribution < 1.29 is 34.8 Å². The minimum atomic E-state index is -2.57. The van der Waals surface area contributed by atoms with Crippen LogP contribution in [0.3, 0.4) is 0 Å². The lowest BCUT2D eigenvalue weighted by molar-refractivity contribution is -0.158. The summed E-state index contributed by atoms with van der Waals surface area (Å²) in [5.74, 6) is -4.03. The van der Waals surface area contributed by atoms with Crippen molar-refractivity contribution in [2.24, 2.45) is 16.2 Å². The molecule has 0 saturated carbocycles. The highest BCUT2D eigenvalue weighted by Crippen LogP contribution is 2.62. The molecule has 7 nitrogen and oxygen atoms in total. The lowest BCUT2D eigenvalue weighted by Crippen LogP contribution is -2.63. The van der Waals surface area contributed by atoms with Gasteiger partial charge in [-0.25, -0.2) is 0 Å². The number of aliphatic hydroxyl groups excluding tert-OH is 2. The Morgan fingerprint density at radius 1 is 0.950 bits per heavy atom. The number of aliphatic hydroxyl groups is 3. The molecule has 0 amide bonds. The Morgan fingerprint density at radius 2 is 1.57 bits per heavy atom. The van der Waals surface area contributed by atoms with Crippen LogP contribution in [0.2, 0.25) is 0 Å². The van der Waals surface area contributed by atoms with E-state index in [4.69, 9.17) is 0 Å². The number of carbonyl (C=O) groups is 3. The summed E-state index contributed by atoms with van der Waals surface area (Å²) in [6, 6.07) is 11.3. The van der Waals surface area contributed by atoms with Gasteiger partial charge in [-0.05, 0) is 59.9 Å². The number of allylic oxidation sites excluding steroid dienone is 2. The molecule has 0 aromatic heterocycles. The number of aromatic hydroxyl groups is 1. The van der Waals surface area contributed by atoms with E-state index in [1.165, 1.54) is 11.6 Å². The second-order valence-corrected chi connectivity index (χ2v) is 13.5. The van der Waals surface area contributed by atoms with Crippen LogP contribution in [0.1, 0.15) is 75.9 Å². The standard InChI is InChI=1S/C33H36O7/c1-17(34)24-23(36)15-32(6)16-31(5)14-21-20(19-9-7-18(8-10-19)13-30(2,3)4)11-12-22(35)25(21)27(37)26(31)29(39)33(32,40)28(24)38/h7-12,35-36,39-40H,13-16H2,1-6H3/t31-,32+,33+/m1/s1. The van der Waals surface area contributed by atoms with E-state index in [2.05, 4.69) is 32.9 Å². The maximum Gasteiger partial charge on any atom is 0.209 e. The van der Waals surface area contributed by atoms with Crippen LogP contribution in [-0.4, -0.2) is 43.4 Å². The molecule has 0 radical (unpaired) electrons. The first-order valence-electron chi connectivity index (χ1n) is 13.6. The maximum atomic E-state index is 14.1. The van der Waals surface area contributed by atoms with Gasteiger partial charge in [0.25, 0.3) is 0 Å². The zero-order valence-corrected chi connectivity index (χ0v) is 23.8. The molecule has 0 aliphatic heterocycles. The zero-order chi connectivity index (χ0) is 29.6. The Hall–Kier alpha value is -3.71. The van der Waals surface area contributed by atoms with E-state index in [1.807, 2.05) is 12.1 Å². The molecule has 4 N–H and O–H groups in total. The number of Topliss-reactive ketones (excluding diaryl/α,β-unsaturated/α-hetero) is 3. The van der Waals surface area contributed by atoms with Crippen LogP contribution in [-0.2, 0) is 22.4 Å². The summed E-state index contributed by atoms with van der Waals surface area (Å²) in [5.41, 5.74) is -2.11. The molecular weight excluding hydrogens is 508 g/mol. The van der Waals surface area contributed by atoms with Gasteiger partial charge in [-0.15, -0.1) is 0 Å². The summed E-state index contributed by atoms with van der Waals surface area (Å²) in [4.78, 5) is 39.7. The molecule has 210 valence electrons. The van der Waals surface area contributed by atoms with Crippen LogP contribution in [0, 0.1) is 16.2 Å². The largest absolute Gasteiger partial charge is 0.511 e. The van der Waals surface area contributed by atoms with E-state index in [0.717, 1.165) is 24.5 Å². The first kappa shape index (κ1) is 27.8. The summed E-state index contributed by atoms with van der Waals surface area (Å²) in [7, 11) is 0. The SMILES string of the molecule is CC(=O)C1=C(O)C[C@@]2(C)C[C@@]3(C)Cc4c(-c5ccc(CC(C)(C)C)cc5)ccc(O)c4C(=O)C3=C(O)[C@@]2(O)C1=O. The number of hydrogen-bond acceptors (Lipinski definition) is 7.